The number of halogens is 1. The van der Waals surface area contributed by atoms with Crippen molar-refractivity contribution < 1.29 is 17.9 Å². The molecule has 3 aromatic rings. The van der Waals surface area contributed by atoms with Gasteiger partial charge in [0.15, 0.2) is 9.84 Å². The fourth-order valence-electron chi connectivity index (χ4n) is 5.89. The summed E-state index contributed by atoms with van der Waals surface area (Å²) < 4.78 is 39.6. The van der Waals surface area contributed by atoms with Crippen LogP contribution < -0.4 is 0 Å². The number of aromatic nitrogens is 3. The van der Waals surface area contributed by atoms with Gasteiger partial charge in [0, 0.05) is 17.9 Å². The van der Waals surface area contributed by atoms with Gasteiger partial charge in [-0.2, -0.15) is 5.10 Å². The van der Waals surface area contributed by atoms with E-state index in [0.717, 1.165) is 29.8 Å². The first kappa shape index (κ1) is 22.9. The summed E-state index contributed by atoms with van der Waals surface area (Å²) in [4.78, 5) is 4.55. The van der Waals surface area contributed by atoms with Crippen molar-refractivity contribution in [3.8, 4) is 5.69 Å². The maximum absolute atomic E-state index is 13.4. The standard InChI is InChI=1S/C26H28FN3O3S/c1-3-25-16-18-17-29-30(21-8-6-20(27)7-9-21)23(18)15-19(25)10-12-26(25,31)13-11-22-24(34(2,32)33)5-4-14-28-22/h4-9,14-15,17,31H,3,10-13,16H2,1-2H3/t25-,26+/m0/s1. The molecule has 2 aromatic heterocycles. The Hall–Kier alpha value is -2.84. The predicted octanol–water partition coefficient (Wildman–Crippen LogP) is 4.30. The van der Waals surface area contributed by atoms with Gasteiger partial charge in [0.05, 0.1) is 33.8 Å². The van der Waals surface area contributed by atoms with Gasteiger partial charge in [-0.05, 0) is 86.6 Å². The Kier molecular flexibility index (Phi) is 5.48. The normalized spacial score (nSPS) is 23.9. The van der Waals surface area contributed by atoms with Gasteiger partial charge < -0.3 is 5.11 Å². The molecule has 6 nitrogen and oxygen atoms in total. The third kappa shape index (κ3) is 3.60. The van der Waals surface area contributed by atoms with Crippen molar-refractivity contribution in [2.75, 3.05) is 6.26 Å². The summed E-state index contributed by atoms with van der Waals surface area (Å²) in [5.74, 6) is -0.291. The van der Waals surface area contributed by atoms with E-state index in [-0.39, 0.29) is 10.7 Å². The number of aliphatic hydroxyl groups is 1. The van der Waals surface area contributed by atoms with Crippen LogP contribution in [0.15, 0.2) is 59.3 Å². The van der Waals surface area contributed by atoms with Gasteiger partial charge in [-0.3, -0.25) is 4.98 Å². The summed E-state index contributed by atoms with van der Waals surface area (Å²) >= 11 is 0. The van der Waals surface area contributed by atoms with Crippen molar-refractivity contribution in [1.82, 2.24) is 14.8 Å². The molecule has 1 fully saturated rings. The van der Waals surface area contributed by atoms with Gasteiger partial charge in [0.1, 0.15) is 5.82 Å². The number of hydrogen-bond acceptors (Lipinski definition) is 5. The van der Waals surface area contributed by atoms with Crippen molar-refractivity contribution >= 4 is 15.9 Å². The molecule has 2 aliphatic rings. The Morgan fingerprint density at radius 2 is 1.97 bits per heavy atom. The van der Waals surface area contributed by atoms with Crippen LogP contribution in [0.25, 0.3) is 11.8 Å². The fraction of sp³-hybridized carbons (Fsp3) is 0.385. The zero-order chi connectivity index (χ0) is 24.1. The summed E-state index contributed by atoms with van der Waals surface area (Å²) in [6.07, 6.45) is 10.4. The van der Waals surface area contributed by atoms with Gasteiger partial charge in [-0.25, -0.2) is 17.5 Å². The van der Waals surface area contributed by atoms with Gasteiger partial charge >= 0.3 is 0 Å². The first-order valence-electron chi connectivity index (χ1n) is 11.6. The topological polar surface area (TPSA) is 85.1 Å². The Labute approximate surface area is 199 Å². The Morgan fingerprint density at radius 1 is 1.21 bits per heavy atom. The monoisotopic (exact) mass is 481 g/mol. The summed E-state index contributed by atoms with van der Waals surface area (Å²) in [6, 6.07) is 9.47. The molecular weight excluding hydrogens is 453 g/mol. The lowest BCUT2D eigenvalue weighted by Crippen LogP contribution is -2.47. The molecular formula is C26H28FN3O3S. The predicted molar refractivity (Wildman–Crippen MR) is 128 cm³/mol. The maximum Gasteiger partial charge on any atom is 0.177 e. The summed E-state index contributed by atoms with van der Waals surface area (Å²) in [6.45, 7) is 2.10. The van der Waals surface area contributed by atoms with Crippen LogP contribution >= 0.6 is 0 Å². The van der Waals surface area contributed by atoms with Crippen LogP contribution in [0.4, 0.5) is 4.39 Å². The fourth-order valence-corrected chi connectivity index (χ4v) is 6.80. The van der Waals surface area contributed by atoms with E-state index in [1.807, 2.05) is 10.9 Å². The van der Waals surface area contributed by atoms with E-state index in [9.17, 15) is 17.9 Å². The van der Waals surface area contributed by atoms with Crippen LogP contribution in [0.1, 0.15) is 49.6 Å². The number of nitrogens with zero attached hydrogens (tertiary/aromatic N) is 3. The molecule has 5 rings (SSSR count). The quantitative estimate of drug-likeness (QED) is 0.567. The van der Waals surface area contributed by atoms with E-state index < -0.39 is 20.9 Å². The Balaban J connectivity index is 1.47. The molecule has 8 heteroatoms. The van der Waals surface area contributed by atoms with Crippen molar-refractivity contribution in [1.29, 1.82) is 0 Å². The average Bonchev–Trinajstić information content (AvgIpc) is 3.35. The second-order valence-electron chi connectivity index (χ2n) is 9.48. The SMILES string of the molecule is CC[C@]12Cc3cnn(-c4ccc(F)cc4)c3C=C1CC[C@@]2(O)CCc1ncccc1S(C)(=O)=O. The number of sulfone groups is 1. The molecule has 0 aliphatic heterocycles. The molecule has 34 heavy (non-hydrogen) atoms. The van der Waals surface area contributed by atoms with Gasteiger partial charge in [0.2, 0.25) is 0 Å². The highest BCUT2D eigenvalue weighted by Crippen LogP contribution is 2.59. The molecule has 178 valence electrons. The number of benzene rings is 1. The number of fused-ring (bicyclic) bond motifs is 2. The van der Waals surface area contributed by atoms with Crippen molar-refractivity contribution in [2.45, 2.75) is 55.9 Å². The number of hydrogen-bond donors (Lipinski definition) is 1. The molecule has 0 spiro atoms. The van der Waals surface area contributed by atoms with E-state index in [1.54, 1.807) is 30.5 Å². The summed E-state index contributed by atoms with van der Waals surface area (Å²) in [5, 5.41) is 16.5. The summed E-state index contributed by atoms with van der Waals surface area (Å²) in [7, 11) is -3.40. The van der Waals surface area contributed by atoms with E-state index >= 15 is 0 Å². The van der Waals surface area contributed by atoms with Gasteiger partial charge in [-0.15, -0.1) is 0 Å². The molecule has 2 heterocycles. The highest BCUT2D eigenvalue weighted by atomic mass is 32.2. The second-order valence-corrected chi connectivity index (χ2v) is 11.5. The zero-order valence-corrected chi connectivity index (χ0v) is 20.1. The minimum Gasteiger partial charge on any atom is -0.389 e. The lowest BCUT2D eigenvalue weighted by atomic mass is 9.63. The Bertz CT molecular complexity index is 1380. The lowest BCUT2D eigenvalue weighted by Gasteiger charge is -2.45. The number of aryl methyl sites for hydroxylation is 1. The third-order valence-electron chi connectivity index (χ3n) is 7.70. The third-order valence-corrected chi connectivity index (χ3v) is 8.87. The highest BCUT2D eigenvalue weighted by molar-refractivity contribution is 7.90. The van der Waals surface area contributed by atoms with Crippen LogP contribution in [0.2, 0.25) is 0 Å². The Morgan fingerprint density at radius 3 is 2.68 bits per heavy atom. The molecule has 1 aromatic carbocycles. The minimum atomic E-state index is -3.40. The maximum atomic E-state index is 13.4. The van der Waals surface area contributed by atoms with Gasteiger partial charge in [-0.1, -0.05) is 12.5 Å². The first-order valence-corrected chi connectivity index (χ1v) is 13.5. The van der Waals surface area contributed by atoms with E-state index in [4.69, 9.17) is 0 Å². The molecule has 0 saturated heterocycles. The second kappa shape index (κ2) is 8.13. The molecule has 1 saturated carbocycles. The van der Waals surface area contributed by atoms with Crippen molar-refractivity contribution in [3.63, 3.8) is 0 Å². The van der Waals surface area contributed by atoms with Crippen molar-refractivity contribution in [3.05, 3.63) is 77.1 Å². The van der Waals surface area contributed by atoms with E-state index in [2.05, 4.69) is 23.1 Å². The van der Waals surface area contributed by atoms with Crippen LogP contribution in [0, 0.1) is 11.2 Å². The molecule has 1 N–H and O–H groups in total. The van der Waals surface area contributed by atoms with Crippen LogP contribution in [-0.2, 0) is 22.7 Å². The van der Waals surface area contributed by atoms with Crippen LogP contribution in [-0.4, -0.2) is 40.1 Å². The lowest BCUT2D eigenvalue weighted by molar-refractivity contribution is -0.0571. The van der Waals surface area contributed by atoms with Crippen LogP contribution in [0.3, 0.4) is 0 Å². The summed E-state index contributed by atoms with van der Waals surface area (Å²) in [5.41, 5.74) is 3.09. The number of pyridine rings is 1. The largest absolute Gasteiger partial charge is 0.389 e. The molecule has 0 amide bonds. The van der Waals surface area contributed by atoms with E-state index in [0.29, 0.717) is 31.4 Å². The number of rotatable bonds is 6. The zero-order valence-electron chi connectivity index (χ0n) is 19.3. The molecule has 2 atom stereocenters. The first-order chi connectivity index (χ1) is 16.2. The molecule has 2 aliphatic carbocycles. The molecule has 0 unspecified atom stereocenters. The molecule has 0 bridgehead atoms. The molecule has 0 radical (unpaired) electrons. The highest BCUT2D eigenvalue weighted by Gasteiger charge is 2.56. The smallest absolute Gasteiger partial charge is 0.177 e. The van der Waals surface area contributed by atoms with Gasteiger partial charge in [0.25, 0.3) is 0 Å². The van der Waals surface area contributed by atoms with E-state index in [1.165, 1.54) is 24.0 Å². The van der Waals surface area contributed by atoms with Crippen molar-refractivity contribution in [2.24, 2.45) is 5.41 Å². The van der Waals surface area contributed by atoms with Crippen LogP contribution in [0.5, 0.6) is 0 Å². The average molecular weight is 482 g/mol. The minimum absolute atomic E-state index is 0.226.